The molecule has 0 spiro atoms. The summed E-state index contributed by atoms with van der Waals surface area (Å²) in [5.74, 6) is -0.124. The van der Waals surface area contributed by atoms with Gasteiger partial charge >= 0.3 is 0 Å². The van der Waals surface area contributed by atoms with Crippen LogP contribution in [0.2, 0.25) is 0 Å². The number of rotatable bonds is 6. The van der Waals surface area contributed by atoms with Gasteiger partial charge < -0.3 is 4.90 Å². The summed E-state index contributed by atoms with van der Waals surface area (Å²) >= 11 is 0. The van der Waals surface area contributed by atoms with Crippen molar-refractivity contribution in [2.75, 3.05) is 11.9 Å². The second-order valence-electron chi connectivity index (χ2n) is 6.00. The van der Waals surface area contributed by atoms with Crippen LogP contribution in [-0.4, -0.2) is 13.1 Å². The molecule has 0 heterocycles. The van der Waals surface area contributed by atoms with Crippen LogP contribution in [-0.2, 0) is 0 Å². The topological polar surface area (TPSA) is 3.24 Å². The smallest absolute Gasteiger partial charge is 0.126 e. The lowest BCUT2D eigenvalue weighted by atomic mass is 10.1. The number of aryl methyl sites for hydroxylation is 1. The molecule has 0 amide bonds. The lowest BCUT2D eigenvalue weighted by molar-refractivity contribution is 0.568. The maximum atomic E-state index is 13.2. The minimum absolute atomic E-state index is 0.124. The first kappa shape index (κ1) is 33.3. The van der Waals surface area contributed by atoms with Gasteiger partial charge in [0.15, 0.2) is 0 Å². The van der Waals surface area contributed by atoms with Gasteiger partial charge in [-0.1, -0.05) is 80.2 Å². The van der Waals surface area contributed by atoms with Crippen LogP contribution in [0.15, 0.2) is 30.9 Å². The Morgan fingerprint density at radius 1 is 1.07 bits per heavy atom. The van der Waals surface area contributed by atoms with E-state index in [2.05, 4.69) is 46.2 Å². The first-order valence-corrected chi connectivity index (χ1v) is 10.9. The van der Waals surface area contributed by atoms with E-state index < -0.39 is 0 Å². The summed E-state index contributed by atoms with van der Waals surface area (Å²) in [5, 5.41) is 0. The quantitative estimate of drug-likeness (QED) is 0.349. The van der Waals surface area contributed by atoms with E-state index in [0.29, 0.717) is 6.04 Å². The fourth-order valence-electron chi connectivity index (χ4n) is 1.99. The molecule has 0 aliphatic heterocycles. The summed E-state index contributed by atoms with van der Waals surface area (Å²) in [6, 6.07) is 5.84. The van der Waals surface area contributed by atoms with Gasteiger partial charge in [-0.3, -0.25) is 0 Å². The van der Waals surface area contributed by atoms with Crippen LogP contribution < -0.4 is 4.90 Å². The summed E-state index contributed by atoms with van der Waals surface area (Å²) in [6.45, 7) is 23.8. The molecule has 0 fully saturated rings. The van der Waals surface area contributed by atoms with Crippen LogP contribution in [0, 0.1) is 12.7 Å². The number of allylic oxidation sites excluding steroid dienone is 1. The summed E-state index contributed by atoms with van der Waals surface area (Å²) in [6.07, 6.45) is 8.01. The van der Waals surface area contributed by atoms with Crippen molar-refractivity contribution in [1.82, 2.24) is 0 Å². The van der Waals surface area contributed by atoms with Gasteiger partial charge in [0.2, 0.25) is 0 Å². The van der Waals surface area contributed by atoms with Gasteiger partial charge in [0, 0.05) is 18.8 Å². The zero-order valence-electron chi connectivity index (χ0n) is 20.5. The van der Waals surface area contributed by atoms with E-state index in [9.17, 15) is 4.39 Å². The molecule has 0 radical (unpaired) electrons. The number of benzene rings is 1. The highest BCUT2D eigenvalue weighted by atomic mass is 19.1. The molecule has 0 saturated carbocycles. The van der Waals surface area contributed by atoms with E-state index in [0.717, 1.165) is 11.3 Å². The van der Waals surface area contributed by atoms with Crippen molar-refractivity contribution in [2.24, 2.45) is 0 Å². The van der Waals surface area contributed by atoms with Crippen molar-refractivity contribution in [3.8, 4) is 0 Å². The third kappa shape index (κ3) is 20.9. The summed E-state index contributed by atoms with van der Waals surface area (Å²) in [5.41, 5.74) is 1.82. The van der Waals surface area contributed by atoms with E-state index in [1.54, 1.807) is 12.1 Å². The molecule has 1 aromatic carbocycles. The van der Waals surface area contributed by atoms with Crippen LogP contribution in [0.5, 0.6) is 0 Å². The van der Waals surface area contributed by atoms with Gasteiger partial charge in [0.1, 0.15) is 5.82 Å². The first-order chi connectivity index (χ1) is 12.9. The van der Waals surface area contributed by atoms with E-state index in [-0.39, 0.29) is 5.82 Å². The lowest BCUT2D eigenvalue weighted by Crippen LogP contribution is -2.28. The summed E-state index contributed by atoms with van der Waals surface area (Å²) in [4.78, 5) is 2.24. The maximum absolute atomic E-state index is 13.2. The molecule has 0 bridgehead atoms. The largest absolute Gasteiger partial charge is 0.372 e. The van der Waals surface area contributed by atoms with Crippen molar-refractivity contribution >= 4 is 5.69 Å². The fourth-order valence-corrected chi connectivity index (χ4v) is 1.99. The molecule has 2 heteroatoms. The highest BCUT2D eigenvalue weighted by Crippen LogP contribution is 2.21. The Kier molecular flexibility index (Phi) is 33.2. The third-order valence-electron chi connectivity index (χ3n) is 3.44. The van der Waals surface area contributed by atoms with Crippen molar-refractivity contribution in [3.63, 3.8) is 0 Å². The van der Waals surface area contributed by atoms with Gasteiger partial charge in [-0.2, -0.15) is 0 Å². The monoisotopic (exact) mass is 383 g/mol. The zero-order chi connectivity index (χ0) is 22.3. The molecule has 0 aliphatic carbocycles. The SMILES string of the molecule is C=CC.CC.CC.CCC.CCCCCC(C)N(C)c1ccc(F)c(C)c1. The van der Waals surface area contributed by atoms with E-state index >= 15 is 0 Å². The Labute approximate surface area is 172 Å². The number of hydrogen-bond donors (Lipinski definition) is 0. The van der Waals surface area contributed by atoms with Crippen molar-refractivity contribution in [3.05, 3.63) is 42.2 Å². The third-order valence-corrected chi connectivity index (χ3v) is 3.44. The highest BCUT2D eigenvalue weighted by Gasteiger charge is 2.10. The van der Waals surface area contributed by atoms with E-state index in [4.69, 9.17) is 0 Å². The van der Waals surface area contributed by atoms with Gasteiger partial charge in [-0.05, 0) is 51.0 Å². The molecule has 1 aromatic rings. The average Bonchev–Trinajstić information content (AvgIpc) is 2.68. The fraction of sp³-hybridized carbons (Fsp3) is 0.680. The van der Waals surface area contributed by atoms with E-state index in [1.165, 1.54) is 32.1 Å². The molecule has 0 N–H and O–H groups in total. The van der Waals surface area contributed by atoms with Gasteiger partial charge in [0.05, 0.1) is 0 Å². The summed E-state index contributed by atoms with van der Waals surface area (Å²) < 4.78 is 13.2. The zero-order valence-corrected chi connectivity index (χ0v) is 20.5. The Balaban J connectivity index is -0.000000224. The first-order valence-electron chi connectivity index (χ1n) is 10.9. The van der Waals surface area contributed by atoms with Crippen LogP contribution in [0.3, 0.4) is 0 Å². The van der Waals surface area contributed by atoms with Gasteiger partial charge in [-0.25, -0.2) is 4.39 Å². The normalized spacial score (nSPS) is 9.48. The number of anilines is 1. The Morgan fingerprint density at radius 2 is 1.52 bits per heavy atom. The molecule has 0 aromatic heterocycles. The van der Waals surface area contributed by atoms with Crippen molar-refractivity contribution < 1.29 is 4.39 Å². The molecule has 162 valence electrons. The molecule has 0 aliphatic rings. The molecule has 0 saturated heterocycles. The van der Waals surface area contributed by atoms with Crippen LogP contribution in [0.1, 0.15) is 100.0 Å². The molecular weight excluding hydrogens is 333 g/mol. The van der Waals surface area contributed by atoms with Crippen LogP contribution >= 0.6 is 0 Å². The highest BCUT2D eigenvalue weighted by molar-refractivity contribution is 5.48. The lowest BCUT2D eigenvalue weighted by Gasteiger charge is -2.27. The predicted molar refractivity (Wildman–Crippen MR) is 128 cm³/mol. The molecular formula is C25H50FN. The Morgan fingerprint density at radius 3 is 1.89 bits per heavy atom. The molecule has 1 unspecified atom stereocenters. The van der Waals surface area contributed by atoms with Crippen molar-refractivity contribution in [2.45, 2.75) is 107 Å². The Hall–Kier alpha value is -1.31. The number of nitrogens with zero attached hydrogens (tertiary/aromatic N) is 1. The number of halogens is 1. The molecule has 1 atom stereocenters. The Bertz CT molecular complexity index is 401. The molecule has 1 rings (SSSR count). The second-order valence-corrected chi connectivity index (χ2v) is 6.00. The van der Waals surface area contributed by atoms with E-state index in [1.807, 2.05) is 53.7 Å². The minimum atomic E-state index is -0.124. The van der Waals surface area contributed by atoms with Crippen molar-refractivity contribution in [1.29, 1.82) is 0 Å². The number of unbranched alkanes of at least 4 members (excludes halogenated alkanes) is 2. The average molecular weight is 384 g/mol. The maximum Gasteiger partial charge on any atom is 0.126 e. The predicted octanol–water partition coefficient (Wildman–Crippen LogP) is 9.20. The van der Waals surface area contributed by atoms with Gasteiger partial charge in [-0.15, -0.1) is 6.58 Å². The van der Waals surface area contributed by atoms with Crippen LogP contribution in [0.4, 0.5) is 10.1 Å². The summed E-state index contributed by atoms with van der Waals surface area (Å²) in [7, 11) is 2.09. The minimum Gasteiger partial charge on any atom is -0.372 e. The standard InChI is InChI=1S/C15H24FN.C3H8.C3H6.2C2H6/c1-5-6-7-8-13(3)17(4)14-9-10-15(16)12(2)11-14;2*1-3-2;2*1-2/h9-11,13H,5-8H2,1-4H3;3H2,1-2H3;3H,1H2,2H3;2*1-2H3. The molecule has 1 nitrogen and oxygen atoms in total. The second kappa shape index (κ2) is 26.9. The molecule has 27 heavy (non-hydrogen) atoms. The van der Waals surface area contributed by atoms with Crippen LogP contribution in [0.25, 0.3) is 0 Å². The number of hydrogen-bond acceptors (Lipinski definition) is 1. The van der Waals surface area contributed by atoms with Gasteiger partial charge in [0.25, 0.3) is 0 Å².